The summed E-state index contributed by atoms with van der Waals surface area (Å²) >= 11 is 2.62. The third-order valence-electron chi connectivity index (χ3n) is 4.23. The van der Waals surface area contributed by atoms with Crippen LogP contribution in [0.2, 0.25) is 0 Å². The second-order valence-electron chi connectivity index (χ2n) is 6.24. The van der Waals surface area contributed by atoms with E-state index in [9.17, 15) is 9.59 Å². The second kappa shape index (κ2) is 8.76. The van der Waals surface area contributed by atoms with Crippen molar-refractivity contribution < 1.29 is 19.1 Å². The number of aromatic nitrogens is 2. The Morgan fingerprint density at radius 2 is 1.90 bits per heavy atom. The Kier molecular flexibility index (Phi) is 5.91. The van der Waals surface area contributed by atoms with Crippen LogP contribution < -0.4 is 9.54 Å². The van der Waals surface area contributed by atoms with Gasteiger partial charge in [-0.1, -0.05) is 23.5 Å². The van der Waals surface area contributed by atoms with Crippen LogP contribution in [0.1, 0.15) is 23.6 Å². The van der Waals surface area contributed by atoms with Crippen molar-refractivity contribution >= 4 is 55.0 Å². The zero-order valence-electron chi connectivity index (χ0n) is 16.5. The average Bonchev–Trinajstić information content (AvgIpc) is 3.30. The minimum Gasteiger partial charge on any atom is -0.494 e. The predicted molar refractivity (Wildman–Crippen MR) is 117 cm³/mol. The molecule has 7 nitrogen and oxygen atoms in total. The van der Waals surface area contributed by atoms with E-state index in [-0.39, 0.29) is 19.1 Å². The van der Waals surface area contributed by atoms with Crippen LogP contribution >= 0.6 is 22.7 Å². The smallest absolute Gasteiger partial charge is 0.326 e. The number of carbonyl (C=O) groups is 2. The SMILES string of the molecule is CCOC(=O)Cn1c(=NC(=O)c2nc3ccccc3s2)sc2cc(OCC)ccc21. The lowest BCUT2D eigenvalue weighted by molar-refractivity contribution is -0.143. The molecule has 1 amide bonds. The van der Waals surface area contributed by atoms with E-state index in [1.165, 1.54) is 22.7 Å². The largest absolute Gasteiger partial charge is 0.494 e. The van der Waals surface area contributed by atoms with Gasteiger partial charge in [-0.05, 0) is 44.2 Å². The van der Waals surface area contributed by atoms with Crippen molar-refractivity contribution in [2.75, 3.05) is 13.2 Å². The Hall–Kier alpha value is -3.04. The van der Waals surface area contributed by atoms with Crippen LogP contribution in [0.3, 0.4) is 0 Å². The highest BCUT2D eigenvalue weighted by molar-refractivity contribution is 7.20. The highest BCUT2D eigenvalue weighted by Gasteiger charge is 2.15. The number of rotatable bonds is 6. The number of thiazole rings is 2. The van der Waals surface area contributed by atoms with Crippen molar-refractivity contribution in [3.05, 3.63) is 52.3 Å². The minimum atomic E-state index is -0.439. The van der Waals surface area contributed by atoms with Crippen LogP contribution in [0, 0.1) is 0 Å². The first-order chi connectivity index (χ1) is 14.6. The molecule has 30 heavy (non-hydrogen) atoms. The summed E-state index contributed by atoms with van der Waals surface area (Å²) < 4.78 is 14.1. The Morgan fingerprint density at radius 3 is 2.67 bits per heavy atom. The molecule has 0 saturated heterocycles. The Morgan fingerprint density at radius 1 is 1.07 bits per heavy atom. The van der Waals surface area contributed by atoms with Crippen molar-refractivity contribution in [3.8, 4) is 5.75 Å². The molecule has 9 heteroatoms. The number of benzene rings is 2. The molecule has 4 aromatic rings. The molecule has 0 aliphatic carbocycles. The Bertz CT molecular complexity index is 1270. The van der Waals surface area contributed by atoms with Crippen molar-refractivity contribution in [1.82, 2.24) is 9.55 Å². The molecule has 0 aliphatic rings. The van der Waals surface area contributed by atoms with Gasteiger partial charge in [0.15, 0.2) is 9.81 Å². The highest BCUT2D eigenvalue weighted by Crippen LogP contribution is 2.25. The Labute approximate surface area is 180 Å². The summed E-state index contributed by atoms with van der Waals surface area (Å²) in [5.41, 5.74) is 1.55. The molecule has 0 aliphatic heterocycles. The van der Waals surface area contributed by atoms with Crippen molar-refractivity contribution in [2.24, 2.45) is 4.99 Å². The molecule has 0 unspecified atom stereocenters. The summed E-state index contributed by atoms with van der Waals surface area (Å²) in [6.07, 6.45) is 0. The van der Waals surface area contributed by atoms with Crippen molar-refractivity contribution in [1.29, 1.82) is 0 Å². The van der Waals surface area contributed by atoms with E-state index < -0.39 is 5.91 Å². The fourth-order valence-corrected chi connectivity index (χ4v) is 4.89. The van der Waals surface area contributed by atoms with E-state index in [2.05, 4.69) is 9.98 Å². The quantitative estimate of drug-likeness (QED) is 0.422. The lowest BCUT2D eigenvalue weighted by Gasteiger charge is -2.06. The summed E-state index contributed by atoms with van der Waals surface area (Å²) in [6, 6.07) is 13.1. The molecular weight excluding hydrogens is 422 g/mol. The summed E-state index contributed by atoms with van der Waals surface area (Å²) in [5.74, 6) is -0.107. The first kappa shape index (κ1) is 20.2. The van der Waals surface area contributed by atoms with Crippen LogP contribution in [0.4, 0.5) is 0 Å². The van der Waals surface area contributed by atoms with Crippen LogP contribution in [-0.2, 0) is 16.1 Å². The topological polar surface area (TPSA) is 82.8 Å². The number of para-hydroxylation sites is 1. The fourth-order valence-electron chi connectivity index (χ4n) is 2.98. The van der Waals surface area contributed by atoms with Gasteiger partial charge in [-0.15, -0.1) is 11.3 Å². The number of ether oxygens (including phenoxy) is 2. The summed E-state index contributed by atoms with van der Waals surface area (Å²) in [6.45, 7) is 4.47. The summed E-state index contributed by atoms with van der Waals surface area (Å²) in [5, 5.41) is 0.311. The van der Waals surface area contributed by atoms with Crippen molar-refractivity contribution in [2.45, 2.75) is 20.4 Å². The normalized spacial score (nSPS) is 11.9. The van der Waals surface area contributed by atoms with Gasteiger partial charge in [-0.3, -0.25) is 9.59 Å². The molecule has 0 N–H and O–H groups in total. The summed E-state index contributed by atoms with van der Waals surface area (Å²) in [7, 11) is 0. The maximum absolute atomic E-state index is 12.8. The van der Waals surface area contributed by atoms with Gasteiger partial charge in [0.25, 0.3) is 0 Å². The highest BCUT2D eigenvalue weighted by atomic mass is 32.1. The molecule has 0 spiro atoms. The molecule has 4 rings (SSSR count). The maximum atomic E-state index is 12.8. The Balaban J connectivity index is 1.80. The molecule has 0 bridgehead atoms. The molecule has 0 fully saturated rings. The summed E-state index contributed by atoms with van der Waals surface area (Å²) in [4.78, 5) is 34.1. The van der Waals surface area contributed by atoms with Gasteiger partial charge in [0.05, 0.1) is 33.6 Å². The lowest BCUT2D eigenvalue weighted by Crippen LogP contribution is -2.23. The number of carbonyl (C=O) groups excluding carboxylic acids is 2. The van der Waals surface area contributed by atoms with E-state index in [1.54, 1.807) is 11.5 Å². The fraction of sp³-hybridized carbons (Fsp3) is 0.238. The zero-order valence-corrected chi connectivity index (χ0v) is 18.1. The monoisotopic (exact) mass is 441 g/mol. The van der Waals surface area contributed by atoms with Crippen LogP contribution in [-0.4, -0.2) is 34.6 Å². The third kappa shape index (κ3) is 4.12. The van der Waals surface area contributed by atoms with Gasteiger partial charge >= 0.3 is 11.9 Å². The van der Waals surface area contributed by atoms with Gasteiger partial charge in [0, 0.05) is 0 Å². The maximum Gasteiger partial charge on any atom is 0.326 e. The zero-order chi connectivity index (χ0) is 21.1. The van der Waals surface area contributed by atoms with Gasteiger partial charge in [-0.25, -0.2) is 4.98 Å². The molecule has 154 valence electrons. The molecule has 0 saturated carbocycles. The number of nitrogens with zero attached hydrogens (tertiary/aromatic N) is 3. The molecule has 0 radical (unpaired) electrons. The second-order valence-corrected chi connectivity index (χ2v) is 8.28. The molecule has 2 aromatic carbocycles. The first-order valence-corrected chi connectivity index (χ1v) is 11.1. The van der Waals surface area contributed by atoms with Crippen LogP contribution in [0.25, 0.3) is 20.4 Å². The first-order valence-electron chi connectivity index (χ1n) is 9.45. The van der Waals surface area contributed by atoms with Crippen molar-refractivity contribution in [3.63, 3.8) is 0 Å². The van der Waals surface area contributed by atoms with E-state index in [1.807, 2.05) is 49.4 Å². The van der Waals surface area contributed by atoms with Gasteiger partial charge in [-0.2, -0.15) is 4.99 Å². The van der Waals surface area contributed by atoms with Gasteiger partial charge in [0.2, 0.25) is 0 Å². The van der Waals surface area contributed by atoms with Gasteiger partial charge in [0.1, 0.15) is 12.3 Å². The number of hydrogen-bond acceptors (Lipinski definition) is 7. The predicted octanol–water partition coefficient (Wildman–Crippen LogP) is 4.02. The average molecular weight is 442 g/mol. The van der Waals surface area contributed by atoms with E-state index >= 15 is 0 Å². The number of fused-ring (bicyclic) bond motifs is 2. The van der Waals surface area contributed by atoms with Gasteiger partial charge < -0.3 is 14.0 Å². The molecule has 2 aromatic heterocycles. The third-order valence-corrected chi connectivity index (χ3v) is 6.30. The standard InChI is InChI=1S/C21H19N3O4S2/c1-3-27-13-9-10-15-17(11-13)30-21(24(15)12-18(25)28-4-2)23-19(26)20-22-14-7-5-6-8-16(14)29-20/h5-11H,3-4,12H2,1-2H3. The molecular formula is C21H19N3O4S2. The van der Waals surface area contributed by atoms with E-state index in [0.717, 1.165) is 26.2 Å². The van der Waals surface area contributed by atoms with Crippen LogP contribution in [0.5, 0.6) is 5.75 Å². The molecule has 0 atom stereocenters. The lowest BCUT2D eigenvalue weighted by atomic mass is 10.3. The minimum absolute atomic E-state index is 0.0339. The van der Waals surface area contributed by atoms with E-state index in [4.69, 9.17) is 9.47 Å². The number of esters is 1. The number of hydrogen-bond donors (Lipinski definition) is 0. The van der Waals surface area contributed by atoms with E-state index in [0.29, 0.717) is 16.4 Å². The number of amides is 1. The van der Waals surface area contributed by atoms with Crippen LogP contribution in [0.15, 0.2) is 47.5 Å². The molecule has 2 heterocycles.